The third-order valence-electron chi connectivity index (χ3n) is 2.86. The first-order valence-electron chi connectivity index (χ1n) is 5.39. The van der Waals surface area contributed by atoms with Crippen LogP contribution in [0, 0.1) is 23.3 Å². The molecule has 2 aromatic carbocycles. The molecular weight excluding hydrogens is 244 g/mol. The quantitative estimate of drug-likeness (QED) is 0.697. The highest BCUT2D eigenvalue weighted by Gasteiger charge is 2.20. The molecular formula is C14H10F4. The van der Waals surface area contributed by atoms with Gasteiger partial charge in [-0.2, -0.15) is 0 Å². The number of benzene rings is 2. The van der Waals surface area contributed by atoms with E-state index in [1.54, 1.807) is 0 Å². The van der Waals surface area contributed by atoms with Crippen LogP contribution in [0.25, 0.3) is 0 Å². The number of rotatable bonds is 2. The van der Waals surface area contributed by atoms with Crippen molar-refractivity contribution in [2.45, 2.75) is 12.8 Å². The van der Waals surface area contributed by atoms with Gasteiger partial charge in [0.1, 0.15) is 23.3 Å². The Hall–Kier alpha value is -1.84. The van der Waals surface area contributed by atoms with E-state index in [1.165, 1.54) is 13.0 Å². The first-order valence-corrected chi connectivity index (χ1v) is 5.39. The van der Waals surface area contributed by atoms with E-state index in [2.05, 4.69) is 0 Å². The third kappa shape index (κ3) is 2.23. The molecule has 0 aliphatic carbocycles. The summed E-state index contributed by atoms with van der Waals surface area (Å²) in [5.74, 6) is -3.78. The maximum Gasteiger partial charge on any atom is 0.129 e. The molecule has 0 nitrogen and oxygen atoms in total. The van der Waals surface area contributed by atoms with Crippen LogP contribution in [0.4, 0.5) is 17.6 Å². The van der Waals surface area contributed by atoms with Gasteiger partial charge in [0, 0.05) is 11.5 Å². The molecule has 0 bridgehead atoms. The second-order valence-corrected chi connectivity index (χ2v) is 4.02. The molecule has 1 atom stereocenters. The standard InChI is InChI=1S/C14H10F4/c1-8(10-7-9(15)5-6-11(10)16)14-12(17)3-2-4-13(14)18/h2-8H,1H3. The zero-order valence-electron chi connectivity index (χ0n) is 9.55. The van der Waals surface area contributed by atoms with Crippen LogP contribution in [0.2, 0.25) is 0 Å². The molecule has 2 aromatic rings. The Labute approximate surface area is 102 Å². The van der Waals surface area contributed by atoms with Gasteiger partial charge in [-0.15, -0.1) is 0 Å². The maximum absolute atomic E-state index is 13.6. The van der Waals surface area contributed by atoms with Crippen LogP contribution in [-0.4, -0.2) is 0 Å². The van der Waals surface area contributed by atoms with Gasteiger partial charge >= 0.3 is 0 Å². The zero-order valence-corrected chi connectivity index (χ0v) is 9.55. The molecule has 4 heteroatoms. The summed E-state index contributed by atoms with van der Waals surface area (Å²) in [5.41, 5.74) is -0.332. The Morgan fingerprint density at radius 3 is 2.06 bits per heavy atom. The highest BCUT2D eigenvalue weighted by atomic mass is 19.1. The van der Waals surface area contributed by atoms with Crippen LogP contribution >= 0.6 is 0 Å². The van der Waals surface area contributed by atoms with Crippen LogP contribution in [0.3, 0.4) is 0 Å². The molecule has 0 radical (unpaired) electrons. The van der Waals surface area contributed by atoms with Gasteiger partial charge < -0.3 is 0 Å². The van der Waals surface area contributed by atoms with Crippen molar-refractivity contribution in [1.82, 2.24) is 0 Å². The molecule has 0 aromatic heterocycles. The Bertz CT molecular complexity index is 558. The summed E-state index contributed by atoms with van der Waals surface area (Å²) in [6.07, 6.45) is 0. The van der Waals surface area contributed by atoms with Crippen molar-refractivity contribution in [2.24, 2.45) is 0 Å². The molecule has 0 amide bonds. The van der Waals surface area contributed by atoms with Gasteiger partial charge in [0.05, 0.1) is 0 Å². The van der Waals surface area contributed by atoms with Gasteiger partial charge in [-0.25, -0.2) is 17.6 Å². The van der Waals surface area contributed by atoms with Gasteiger partial charge in [-0.3, -0.25) is 0 Å². The molecule has 0 saturated heterocycles. The highest BCUT2D eigenvalue weighted by Crippen LogP contribution is 2.30. The van der Waals surface area contributed by atoms with Crippen LogP contribution in [0.15, 0.2) is 36.4 Å². The first kappa shape index (κ1) is 12.6. The Morgan fingerprint density at radius 1 is 0.833 bits per heavy atom. The lowest BCUT2D eigenvalue weighted by Gasteiger charge is -2.15. The lowest BCUT2D eigenvalue weighted by atomic mass is 9.92. The number of halogens is 4. The van der Waals surface area contributed by atoms with Crippen LogP contribution in [0.5, 0.6) is 0 Å². The summed E-state index contributed by atoms with van der Waals surface area (Å²) in [4.78, 5) is 0. The smallest absolute Gasteiger partial charge is 0.129 e. The number of hydrogen-bond donors (Lipinski definition) is 0. The second kappa shape index (κ2) is 4.80. The minimum atomic E-state index is -0.901. The molecule has 0 fully saturated rings. The van der Waals surface area contributed by atoms with Gasteiger partial charge in [-0.1, -0.05) is 13.0 Å². The summed E-state index contributed by atoms with van der Waals surface area (Å²) in [6.45, 7) is 1.43. The van der Waals surface area contributed by atoms with Crippen molar-refractivity contribution in [3.8, 4) is 0 Å². The van der Waals surface area contributed by atoms with E-state index in [9.17, 15) is 17.6 Å². The van der Waals surface area contributed by atoms with Crippen molar-refractivity contribution in [2.75, 3.05) is 0 Å². The van der Waals surface area contributed by atoms with E-state index in [0.29, 0.717) is 0 Å². The molecule has 0 N–H and O–H groups in total. The van der Waals surface area contributed by atoms with Gasteiger partial charge in [0.15, 0.2) is 0 Å². The van der Waals surface area contributed by atoms with E-state index in [-0.39, 0.29) is 11.1 Å². The van der Waals surface area contributed by atoms with Crippen LogP contribution in [0.1, 0.15) is 24.0 Å². The van der Waals surface area contributed by atoms with E-state index < -0.39 is 29.2 Å². The average molecular weight is 254 g/mol. The highest BCUT2D eigenvalue weighted by molar-refractivity contribution is 5.34. The van der Waals surface area contributed by atoms with Crippen molar-refractivity contribution >= 4 is 0 Å². The molecule has 18 heavy (non-hydrogen) atoms. The van der Waals surface area contributed by atoms with Gasteiger partial charge in [-0.05, 0) is 35.9 Å². The average Bonchev–Trinajstić information content (AvgIpc) is 2.32. The van der Waals surface area contributed by atoms with E-state index >= 15 is 0 Å². The van der Waals surface area contributed by atoms with Gasteiger partial charge in [0.25, 0.3) is 0 Å². The minimum Gasteiger partial charge on any atom is -0.207 e. The largest absolute Gasteiger partial charge is 0.207 e. The van der Waals surface area contributed by atoms with Crippen LogP contribution in [-0.2, 0) is 0 Å². The SMILES string of the molecule is CC(c1cc(F)ccc1F)c1c(F)cccc1F. The van der Waals surface area contributed by atoms with E-state index in [1.807, 2.05) is 0 Å². The van der Waals surface area contributed by atoms with Crippen LogP contribution < -0.4 is 0 Å². The normalized spacial score (nSPS) is 12.5. The fourth-order valence-electron chi connectivity index (χ4n) is 1.93. The molecule has 0 heterocycles. The first-order chi connectivity index (χ1) is 8.50. The summed E-state index contributed by atoms with van der Waals surface area (Å²) >= 11 is 0. The predicted molar refractivity (Wildman–Crippen MR) is 60.2 cm³/mol. The van der Waals surface area contributed by atoms with Crippen molar-refractivity contribution in [3.05, 3.63) is 70.8 Å². The minimum absolute atomic E-state index is 0.0704. The fourth-order valence-corrected chi connectivity index (χ4v) is 1.93. The summed E-state index contributed by atoms with van der Waals surface area (Å²) < 4.78 is 53.8. The zero-order chi connectivity index (χ0) is 13.3. The lowest BCUT2D eigenvalue weighted by Crippen LogP contribution is -2.05. The maximum atomic E-state index is 13.6. The summed E-state index contributed by atoms with van der Waals surface area (Å²) in [6, 6.07) is 6.26. The van der Waals surface area contributed by atoms with Crippen molar-refractivity contribution in [3.63, 3.8) is 0 Å². The van der Waals surface area contributed by atoms with E-state index in [0.717, 1.165) is 30.3 Å². The summed E-state index contributed by atoms with van der Waals surface area (Å²) in [5, 5.41) is 0. The molecule has 0 spiro atoms. The number of hydrogen-bond acceptors (Lipinski definition) is 0. The molecule has 1 unspecified atom stereocenters. The van der Waals surface area contributed by atoms with Crippen molar-refractivity contribution < 1.29 is 17.6 Å². The Balaban J connectivity index is 2.54. The lowest BCUT2D eigenvalue weighted by molar-refractivity contribution is 0.533. The topological polar surface area (TPSA) is 0 Å². The Kier molecular flexibility index (Phi) is 3.36. The van der Waals surface area contributed by atoms with Gasteiger partial charge in [0.2, 0.25) is 0 Å². The van der Waals surface area contributed by atoms with E-state index in [4.69, 9.17) is 0 Å². The monoisotopic (exact) mass is 254 g/mol. The Morgan fingerprint density at radius 2 is 1.44 bits per heavy atom. The molecule has 2 rings (SSSR count). The molecule has 94 valence electrons. The third-order valence-corrected chi connectivity index (χ3v) is 2.86. The second-order valence-electron chi connectivity index (χ2n) is 4.02. The molecule has 0 saturated carbocycles. The predicted octanol–water partition coefficient (Wildman–Crippen LogP) is 4.39. The van der Waals surface area contributed by atoms with Crippen molar-refractivity contribution in [1.29, 1.82) is 0 Å². The fraction of sp³-hybridized carbons (Fsp3) is 0.143. The molecule has 0 aliphatic heterocycles. The summed E-state index contributed by atoms with van der Waals surface area (Å²) in [7, 11) is 0. The molecule has 0 aliphatic rings.